The lowest BCUT2D eigenvalue weighted by molar-refractivity contribution is -0.114. The molecular formula is C20H24ClN3O4S. The number of halogens is 1. The second kappa shape index (κ2) is 9.13. The summed E-state index contributed by atoms with van der Waals surface area (Å²) in [4.78, 5) is 12.5. The molecule has 0 saturated carbocycles. The molecule has 3 rings (SSSR count). The number of amides is 1. The number of sulfonamides is 1. The maximum atomic E-state index is 13.0. The topological polar surface area (TPSA) is 87.7 Å². The average Bonchev–Trinajstić information content (AvgIpc) is 2.70. The van der Waals surface area contributed by atoms with E-state index in [-0.39, 0.29) is 17.3 Å². The maximum Gasteiger partial charge on any atom is 0.243 e. The summed E-state index contributed by atoms with van der Waals surface area (Å²) in [6.07, 6.45) is 0. The second-order valence-corrected chi connectivity index (χ2v) is 9.20. The Balaban J connectivity index is 1.70. The highest BCUT2D eigenvalue weighted by molar-refractivity contribution is 7.89. The number of aryl methyl sites for hydroxylation is 2. The highest BCUT2D eigenvalue weighted by atomic mass is 35.5. The van der Waals surface area contributed by atoms with E-state index in [1.807, 2.05) is 13.0 Å². The van der Waals surface area contributed by atoms with E-state index in [0.29, 0.717) is 42.6 Å². The Morgan fingerprint density at radius 3 is 2.52 bits per heavy atom. The lowest BCUT2D eigenvalue weighted by atomic mass is 10.2. The zero-order valence-electron chi connectivity index (χ0n) is 16.4. The molecule has 1 saturated heterocycles. The first-order valence-electron chi connectivity index (χ1n) is 9.26. The molecule has 0 aromatic heterocycles. The molecule has 1 heterocycles. The van der Waals surface area contributed by atoms with Gasteiger partial charge in [-0.1, -0.05) is 23.7 Å². The van der Waals surface area contributed by atoms with Gasteiger partial charge in [-0.15, -0.1) is 0 Å². The minimum Gasteiger partial charge on any atom is -0.379 e. The van der Waals surface area contributed by atoms with Crippen LogP contribution in [-0.2, 0) is 19.6 Å². The van der Waals surface area contributed by atoms with Gasteiger partial charge < -0.3 is 15.4 Å². The lowest BCUT2D eigenvalue weighted by Crippen LogP contribution is -2.40. The summed E-state index contributed by atoms with van der Waals surface area (Å²) in [5.41, 5.74) is 2.79. The monoisotopic (exact) mass is 437 g/mol. The van der Waals surface area contributed by atoms with Gasteiger partial charge in [0.15, 0.2) is 0 Å². The fourth-order valence-electron chi connectivity index (χ4n) is 3.05. The van der Waals surface area contributed by atoms with Gasteiger partial charge in [0.05, 0.1) is 24.7 Å². The Bertz CT molecular complexity index is 1000. The van der Waals surface area contributed by atoms with Gasteiger partial charge in [0.2, 0.25) is 15.9 Å². The lowest BCUT2D eigenvalue weighted by Gasteiger charge is -2.26. The molecule has 7 nitrogen and oxygen atoms in total. The zero-order valence-corrected chi connectivity index (χ0v) is 17.9. The minimum absolute atomic E-state index is 0.0284. The first kappa shape index (κ1) is 21.6. The standard InChI is InChI=1S/C20H24ClN3O4S/c1-14-3-5-16(21)11-18(14)22-13-20(25)23-17-6-4-15(2)19(12-17)29(26,27)24-7-9-28-10-8-24/h3-6,11-12,22H,7-10,13H2,1-2H3,(H,23,25). The normalized spacial score (nSPS) is 15.1. The van der Waals surface area contributed by atoms with Gasteiger partial charge in [-0.3, -0.25) is 4.79 Å². The molecule has 9 heteroatoms. The van der Waals surface area contributed by atoms with Crippen molar-refractivity contribution in [2.45, 2.75) is 18.7 Å². The number of morpholine rings is 1. The number of anilines is 2. The smallest absolute Gasteiger partial charge is 0.243 e. The molecule has 2 aromatic carbocycles. The number of nitrogens with zero attached hydrogens (tertiary/aromatic N) is 1. The highest BCUT2D eigenvalue weighted by Gasteiger charge is 2.28. The van der Waals surface area contributed by atoms with Gasteiger partial charge in [-0.2, -0.15) is 4.31 Å². The summed E-state index contributed by atoms with van der Waals surface area (Å²) in [7, 11) is -3.64. The molecule has 0 radical (unpaired) electrons. The summed E-state index contributed by atoms with van der Waals surface area (Å²) in [5, 5.41) is 6.37. The van der Waals surface area contributed by atoms with Gasteiger partial charge in [0.1, 0.15) is 0 Å². The Hall–Kier alpha value is -2.13. The first-order chi connectivity index (χ1) is 13.8. The minimum atomic E-state index is -3.64. The van der Waals surface area contributed by atoms with Crippen LogP contribution in [0.3, 0.4) is 0 Å². The Morgan fingerprint density at radius 1 is 1.10 bits per heavy atom. The fraction of sp³-hybridized carbons (Fsp3) is 0.350. The Morgan fingerprint density at radius 2 is 1.79 bits per heavy atom. The molecule has 1 amide bonds. The number of carbonyl (C=O) groups is 1. The van der Waals surface area contributed by atoms with Crippen molar-refractivity contribution in [3.05, 3.63) is 52.5 Å². The predicted molar refractivity (Wildman–Crippen MR) is 114 cm³/mol. The molecule has 0 aliphatic carbocycles. The van der Waals surface area contributed by atoms with Crippen LogP contribution in [0.2, 0.25) is 5.02 Å². The van der Waals surface area contributed by atoms with E-state index in [9.17, 15) is 13.2 Å². The number of nitrogens with one attached hydrogen (secondary N) is 2. The molecule has 156 valence electrons. The second-order valence-electron chi connectivity index (χ2n) is 6.86. The van der Waals surface area contributed by atoms with Crippen LogP contribution in [0.25, 0.3) is 0 Å². The van der Waals surface area contributed by atoms with E-state index in [2.05, 4.69) is 10.6 Å². The highest BCUT2D eigenvalue weighted by Crippen LogP contribution is 2.24. The molecule has 0 unspecified atom stereocenters. The summed E-state index contributed by atoms with van der Waals surface area (Å²) in [6.45, 7) is 5.08. The molecule has 29 heavy (non-hydrogen) atoms. The first-order valence-corrected chi connectivity index (χ1v) is 11.1. The quantitative estimate of drug-likeness (QED) is 0.725. The maximum absolute atomic E-state index is 13.0. The number of benzene rings is 2. The number of ether oxygens (including phenoxy) is 1. The van der Waals surface area contributed by atoms with Crippen molar-refractivity contribution in [3.63, 3.8) is 0 Å². The molecule has 0 spiro atoms. The van der Waals surface area contributed by atoms with E-state index >= 15 is 0 Å². The molecule has 2 aromatic rings. The van der Waals surface area contributed by atoms with Crippen LogP contribution in [0.1, 0.15) is 11.1 Å². The van der Waals surface area contributed by atoms with Crippen LogP contribution in [0.5, 0.6) is 0 Å². The zero-order chi connectivity index (χ0) is 21.0. The third kappa shape index (κ3) is 5.27. The van der Waals surface area contributed by atoms with Crippen LogP contribution < -0.4 is 10.6 Å². The largest absolute Gasteiger partial charge is 0.379 e. The number of rotatable bonds is 6. The summed E-state index contributed by atoms with van der Waals surface area (Å²) in [6, 6.07) is 10.3. The van der Waals surface area contributed by atoms with Gasteiger partial charge in [0.25, 0.3) is 0 Å². The third-order valence-electron chi connectivity index (χ3n) is 4.70. The van der Waals surface area contributed by atoms with Crippen molar-refractivity contribution in [2.24, 2.45) is 0 Å². The number of hydrogen-bond donors (Lipinski definition) is 2. The molecule has 1 fully saturated rings. The van der Waals surface area contributed by atoms with Crippen molar-refractivity contribution in [3.8, 4) is 0 Å². The van der Waals surface area contributed by atoms with E-state index in [0.717, 1.165) is 11.3 Å². The van der Waals surface area contributed by atoms with Gasteiger partial charge >= 0.3 is 0 Å². The van der Waals surface area contributed by atoms with E-state index in [1.165, 1.54) is 10.4 Å². The van der Waals surface area contributed by atoms with Crippen molar-refractivity contribution < 1.29 is 17.9 Å². The molecular weight excluding hydrogens is 414 g/mol. The number of hydrogen-bond acceptors (Lipinski definition) is 5. The van der Waals surface area contributed by atoms with Gasteiger partial charge in [-0.25, -0.2) is 8.42 Å². The Labute approximate surface area is 176 Å². The van der Waals surface area contributed by atoms with Crippen molar-refractivity contribution in [2.75, 3.05) is 43.5 Å². The molecule has 1 aliphatic heterocycles. The third-order valence-corrected chi connectivity index (χ3v) is 6.97. The summed E-state index contributed by atoms with van der Waals surface area (Å²) < 4.78 is 32.6. The number of carbonyl (C=O) groups excluding carboxylic acids is 1. The van der Waals surface area contributed by atoms with Crippen LogP contribution >= 0.6 is 11.6 Å². The molecule has 0 bridgehead atoms. The molecule has 2 N–H and O–H groups in total. The average molecular weight is 438 g/mol. The van der Waals surface area contributed by atoms with E-state index in [1.54, 1.807) is 31.2 Å². The van der Waals surface area contributed by atoms with Crippen LogP contribution in [0.15, 0.2) is 41.3 Å². The van der Waals surface area contributed by atoms with E-state index < -0.39 is 10.0 Å². The fourth-order valence-corrected chi connectivity index (χ4v) is 4.88. The van der Waals surface area contributed by atoms with Crippen LogP contribution in [0, 0.1) is 13.8 Å². The molecule has 0 atom stereocenters. The van der Waals surface area contributed by atoms with Gasteiger partial charge in [-0.05, 0) is 49.2 Å². The van der Waals surface area contributed by atoms with Crippen molar-refractivity contribution in [1.82, 2.24) is 4.31 Å². The van der Waals surface area contributed by atoms with E-state index in [4.69, 9.17) is 16.3 Å². The predicted octanol–water partition coefficient (Wildman–Crippen LogP) is 3.03. The van der Waals surface area contributed by atoms with Crippen LogP contribution in [0.4, 0.5) is 11.4 Å². The summed E-state index contributed by atoms with van der Waals surface area (Å²) >= 11 is 5.99. The summed E-state index contributed by atoms with van der Waals surface area (Å²) in [5.74, 6) is -0.289. The van der Waals surface area contributed by atoms with Crippen LogP contribution in [-0.4, -0.2) is 51.5 Å². The Kier molecular flexibility index (Phi) is 6.79. The molecule has 1 aliphatic rings. The van der Waals surface area contributed by atoms with Gasteiger partial charge in [0, 0.05) is 29.5 Å². The SMILES string of the molecule is Cc1ccc(Cl)cc1NCC(=O)Nc1ccc(C)c(S(=O)(=O)N2CCOCC2)c1. The van der Waals surface area contributed by atoms with Crippen molar-refractivity contribution in [1.29, 1.82) is 0 Å². The van der Waals surface area contributed by atoms with Crippen molar-refractivity contribution >= 4 is 38.9 Å².